The molecule has 1 aromatic rings. The standard InChI is InChI=1S/C14H18F2O2/c1-14(2,3)6-10-11(15)4-5-12(16)13(10)18-9-7-17-8-9/h4-5,9H,6-8H2,1-3H3. The van der Waals surface area contributed by atoms with Crippen LogP contribution in [0.25, 0.3) is 0 Å². The highest BCUT2D eigenvalue weighted by atomic mass is 19.1. The van der Waals surface area contributed by atoms with Crippen LogP contribution in [0, 0.1) is 17.0 Å². The Bertz CT molecular complexity index is 434. The van der Waals surface area contributed by atoms with E-state index in [9.17, 15) is 8.78 Å². The van der Waals surface area contributed by atoms with Crippen molar-refractivity contribution in [1.82, 2.24) is 0 Å². The number of benzene rings is 1. The molecule has 0 bridgehead atoms. The zero-order valence-electron chi connectivity index (χ0n) is 10.9. The van der Waals surface area contributed by atoms with Crippen LogP contribution >= 0.6 is 0 Å². The molecular weight excluding hydrogens is 238 g/mol. The molecule has 1 aliphatic rings. The molecule has 0 saturated carbocycles. The van der Waals surface area contributed by atoms with Gasteiger partial charge < -0.3 is 9.47 Å². The van der Waals surface area contributed by atoms with E-state index in [1.54, 1.807) is 0 Å². The van der Waals surface area contributed by atoms with E-state index < -0.39 is 11.6 Å². The summed E-state index contributed by atoms with van der Waals surface area (Å²) in [5.41, 5.74) is 0.178. The van der Waals surface area contributed by atoms with E-state index >= 15 is 0 Å². The van der Waals surface area contributed by atoms with E-state index in [-0.39, 0.29) is 17.3 Å². The first-order chi connectivity index (χ1) is 8.37. The topological polar surface area (TPSA) is 18.5 Å². The lowest BCUT2D eigenvalue weighted by atomic mass is 9.87. The van der Waals surface area contributed by atoms with Crippen LogP contribution in [0.3, 0.4) is 0 Å². The predicted molar refractivity (Wildman–Crippen MR) is 64.8 cm³/mol. The maximum absolute atomic E-state index is 13.9. The average molecular weight is 256 g/mol. The van der Waals surface area contributed by atoms with Crippen LogP contribution in [0.1, 0.15) is 26.3 Å². The summed E-state index contributed by atoms with van der Waals surface area (Å²) in [5, 5.41) is 0. The van der Waals surface area contributed by atoms with Gasteiger partial charge in [0.05, 0.1) is 13.2 Å². The normalized spacial score (nSPS) is 16.5. The van der Waals surface area contributed by atoms with E-state index in [0.717, 1.165) is 12.1 Å². The molecule has 4 heteroatoms. The summed E-state index contributed by atoms with van der Waals surface area (Å²) in [7, 11) is 0. The van der Waals surface area contributed by atoms with Crippen LogP contribution < -0.4 is 4.74 Å². The molecule has 0 radical (unpaired) electrons. The molecule has 1 aliphatic heterocycles. The molecule has 1 fully saturated rings. The van der Waals surface area contributed by atoms with Crippen LogP contribution in [0.5, 0.6) is 5.75 Å². The van der Waals surface area contributed by atoms with Crippen molar-refractivity contribution >= 4 is 0 Å². The highest BCUT2D eigenvalue weighted by Gasteiger charge is 2.26. The molecular formula is C14H18F2O2. The van der Waals surface area contributed by atoms with Gasteiger partial charge in [-0.15, -0.1) is 0 Å². The van der Waals surface area contributed by atoms with Gasteiger partial charge >= 0.3 is 0 Å². The summed E-state index contributed by atoms with van der Waals surface area (Å²) in [6.45, 7) is 6.81. The zero-order chi connectivity index (χ0) is 13.3. The van der Waals surface area contributed by atoms with Gasteiger partial charge in [-0.05, 0) is 24.0 Å². The van der Waals surface area contributed by atoms with Crippen molar-refractivity contribution in [1.29, 1.82) is 0 Å². The minimum atomic E-state index is -0.512. The second kappa shape index (κ2) is 4.84. The van der Waals surface area contributed by atoms with Crippen LogP contribution in [-0.4, -0.2) is 19.3 Å². The minimum absolute atomic E-state index is 0.0400. The first-order valence-electron chi connectivity index (χ1n) is 6.08. The second-order valence-corrected chi connectivity index (χ2v) is 5.85. The van der Waals surface area contributed by atoms with Gasteiger partial charge in [0.1, 0.15) is 11.9 Å². The Labute approximate surface area is 106 Å². The third-order valence-electron chi connectivity index (χ3n) is 2.75. The number of hydrogen-bond acceptors (Lipinski definition) is 2. The van der Waals surface area contributed by atoms with Gasteiger partial charge in [-0.25, -0.2) is 8.78 Å². The molecule has 0 amide bonds. The highest BCUT2D eigenvalue weighted by Crippen LogP contribution is 2.33. The Balaban J connectivity index is 2.31. The predicted octanol–water partition coefficient (Wildman–Crippen LogP) is 3.33. The summed E-state index contributed by atoms with van der Waals surface area (Å²) >= 11 is 0. The van der Waals surface area contributed by atoms with Crippen molar-refractivity contribution in [3.63, 3.8) is 0 Å². The van der Waals surface area contributed by atoms with Gasteiger partial charge in [-0.2, -0.15) is 0 Å². The van der Waals surface area contributed by atoms with Gasteiger partial charge in [0, 0.05) is 5.56 Å². The molecule has 18 heavy (non-hydrogen) atoms. The minimum Gasteiger partial charge on any atom is -0.482 e. The maximum atomic E-state index is 13.9. The van der Waals surface area contributed by atoms with Crippen molar-refractivity contribution in [2.75, 3.05) is 13.2 Å². The lowest BCUT2D eigenvalue weighted by Gasteiger charge is -2.29. The molecule has 0 atom stereocenters. The van der Waals surface area contributed by atoms with E-state index in [1.165, 1.54) is 0 Å². The summed E-state index contributed by atoms with van der Waals surface area (Å²) in [4.78, 5) is 0. The SMILES string of the molecule is CC(C)(C)Cc1c(F)ccc(F)c1OC1COC1. The van der Waals surface area contributed by atoms with Gasteiger partial charge in [0.15, 0.2) is 11.6 Å². The van der Waals surface area contributed by atoms with E-state index in [2.05, 4.69) is 0 Å². The quantitative estimate of drug-likeness (QED) is 0.826. The fourth-order valence-corrected chi connectivity index (χ4v) is 1.85. The maximum Gasteiger partial charge on any atom is 0.165 e. The molecule has 2 rings (SSSR count). The van der Waals surface area contributed by atoms with Crippen molar-refractivity contribution < 1.29 is 18.3 Å². The third-order valence-corrected chi connectivity index (χ3v) is 2.75. The van der Waals surface area contributed by atoms with Gasteiger partial charge in [-0.3, -0.25) is 0 Å². The van der Waals surface area contributed by atoms with Crippen LogP contribution in [0.15, 0.2) is 12.1 Å². The lowest BCUT2D eigenvalue weighted by molar-refractivity contribution is -0.0814. The van der Waals surface area contributed by atoms with Crippen molar-refractivity contribution in [3.05, 3.63) is 29.3 Å². The Morgan fingerprint density at radius 3 is 2.33 bits per heavy atom. The van der Waals surface area contributed by atoms with Crippen LogP contribution in [0.4, 0.5) is 8.78 Å². The molecule has 0 N–H and O–H groups in total. The Morgan fingerprint density at radius 1 is 1.22 bits per heavy atom. The van der Waals surface area contributed by atoms with Crippen molar-refractivity contribution in [2.24, 2.45) is 5.41 Å². The number of ether oxygens (including phenoxy) is 2. The zero-order valence-corrected chi connectivity index (χ0v) is 10.9. The summed E-state index contributed by atoms with van der Waals surface area (Å²) in [6.07, 6.45) is 0.263. The molecule has 0 spiro atoms. The molecule has 0 aromatic heterocycles. The average Bonchev–Trinajstić information content (AvgIpc) is 2.18. The Kier molecular flexibility index (Phi) is 3.57. The van der Waals surface area contributed by atoms with Gasteiger partial charge in [-0.1, -0.05) is 20.8 Å². The van der Waals surface area contributed by atoms with Crippen molar-refractivity contribution in [2.45, 2.75) is 33.3 Å². The van der Waals surface area contributed by atoms with E-state index in [4.69, 9.17) is 9.47 Å². The summed E-state index contributed by atoms with van der Waals surface area (Å²) < 4.78 is 38.1. The largest absolute Gasteiger partial charge is 0.482 e. The van der Waals surface area contributed by atoms with Gasteiger partial charge in [0.25, 0.3) is 0 Å². The highest BCUT2D eigenvalue weighted by molar-refractivity contribution is 5.37. The summed E-state index contributed by atoms with van der Waals surface area (Å²) in [5.74, 6) is -0.887. The Morgan fingerprint density at radius 2 is 1.83 bits per heavy atom. The van der Waals surface area contributed by atoms with Crippen molar-refractivity contribution in [3.8, 4) is 5.75 Å². The second-order valence-electron chi connectivity index (χ2n) is 5.85. The molecule has 0 unspecified atom stereocenters. The van der Waals surface area contributed by atoms with Gasteiger partial charge in [0.2, 0.25) is 0 Å². The van der Waals surface area contributed by atoms with Crippen LogP contribution in [-0.2, 0) is 11.2 Å². The molecule has 2 nitrogen and oxygen atoms in total. The molecule has 1 saturated heterocycles. The third kappa shape index (κ3) is 2.99. The molecule has 0 aliphatic carbocycles. The fraction of sp³-hybridized carbons (Fsp3) is 0.571. The lowest BCUT2D eigenvalue weighted by Crippen LogP contribution is -2.39. The monoisotopic (exact) mass is 256 g/mol. The summed E-state index contributed by atoms with van der Waals surface area (Å²) in [6, 6.07) is 2.26. The molecule has 100 valence electrons. The fourth-order valence-electron chi connectivity index (χ4n) is 1.85. The first kappa shape index (κ1) is 13.3. The first-order valence-corrected chi connectivity index (χ1v) is 6.08. The number of halogens is 2. The van der Waals surface area contributed by atoms with E-state index in [1.807, 2.05) is 20.8 Å². The van der Waals surface area contributed by atoms with E-state index in [0.29, 0.717) is 25.2 Å². The smallest absolute Gasteiger partial charge is 0.165 e. The number of hydrogen-bond donors (Lipinski definition) is 0. The molecule has 1 aromatic carbocycles. The molecule has 1 heterocycles. The number of rotatable bonds is 3. The Hall–Kier alpha value is -1.16. The van der Waals surface area contributed by atoms with Crippen LogP contribution in [0.2, 0.25) is 0 Å².